The van der Waals surface area contributed by atoms with E-state index in [2.05, 4.69) is 98.8 Å². The van der Waals surface area contributed by atoms with Gasteiger partial charge >= 0.3 is 0 Å². The number of nitrogens with zero attached hydrogens (tertiary/aromatic N) is 2. The maximum absolute atomic E-state index is 5.94. The van der Waals surface area contributed by atoms with Crippen molar-refractivity contribution in [2.45, 2.75) is 33.1 Å². The van der Waals surface area contributed by atoms with E-state index in [4.69, 9.17) is 11.6 Å². The van der Waals surface area contributed by atoms with Crippen molar-refractivity contribution in [3.63, 3.8) is 0 Å². The summed E-state index contributed by atoms with van der Waals surface area (Å²) in [5.41, 5.74) is 7.81. The molecule has 0 aliphatic carbocycles. The van der Waals surface area contributed by atoms with E-state index in [1.54, 1.807) is 0 Å². The molecule has 0 aromatic heterocycles. The normalized spacial score (nSPS) is 15.5. The second kappa shape index (κ2) is 7.90. The van der Waals surface area contributed by atoms with Gasteiger partial charge in [-0.05, 0) is 57.0 Å². The molecule has 0 radical (unpaired) electrons. The van der Waals surface area contributed by atoms with Crippen LogP contribution in [0.5, 0.6) is 0 Å². The monoisotopic (exact) mass is 381 g/mol. The number of hydrogen-bond acceptors (Lipinski definition) is 1. The average Bonchev–Trinajstić information content (AvgIpc) is 2.85. The third-order valence-corrected chi connectivity index (χ3v) is 5.88. The lowest BCUT2D eigenvalue weighted by molar-refractivity contribution is -0.401. The standard InChI is InChI=1S/C24H30ClN2/c1-6-27(16-15-25)20-13-11-19(18(2)17-20)12-14-23-24(3,4)21-9-7-8-10-22(21)26(23)5/h7-14,17H,6,15-16H2,1-5H3/q+1. The van der Waals surface area contributed by atoms with Gasteiger partial charge in [-0.1, -0.05) is 24.3 Å². The van der Waals surface area contributed by atoms with Crippen LogP contribution in [0.1, 0.15) is 37.5 Å². The Bertz CT molecular complexity index is 893. The van der Waals surface area contributed by atoms with Crippen molar-refractivity contribution >= 4 is 34.8 Å². The Morgan fingerprint density at radius 2 is 1.85 bits per heavy atom. The zero-order valence-electron chi connectivity index (χ0n) is 17.1. The highest BCUT2D eigenvalue weighted by Crippen LogP contribution is 2.39. The van der Waals surface area contributed by atoms with Crippen molar-refractivity contribution in [1.29, 1.82) is 0 Å². The third-order valence-electron chi connectivity index (χ3n) is 5.72. The predicted molar refractivity (Wildman–Crippen MR) is 119 cm³/mol. The summed E-state index contributed by atoms with van der Waals surface area (Å²) in [6.45, 7) is 10.8. The number of aryl methyl sites for hydroxylation is 1. The summed E-state index contributed by atoms with van der Waals surface area (Å²) >= 11 is 5.94. The van der Waals surface area contributed by atoms with E-state index < -0.39 is 0 Å². The molecular formula is C24H30ClN2+. The molecule has 0 unspecified atom stereocenters. The van der Waals surface area contributed by atoms with E-state index in [0.717, 1.165) is 13.1 Å². The summed E-state index contributed by atoms with van der Waals surface area (Å²) in [4.78, 5) is 2.31. The molecule has 1 heterocycles. The Labute approximate surface area is 168 Å². The molecule has 0 saturated carbocycles. The SMILES string of the molecule is CCN(CCCl)c1ccc(C=CC2=[N+](C)c3ccccc3C2(C)C)c(C)c1. The molecule has 3 rings (SSSR count). The van der Waals surface area contributed by atoms with Crippen molar-refractivity contribution < 1.29 is 4.58 Å². The summed E-state index contributed by atoms with van der Waals surface area (Å²) in [5.74, 6) is 0.648. The fourth-order valence-electron chi connectivity index (χ4n) is 4.09. The van der Waals surface area contributed by atoms with Gasteiger partial charge in [0.15, 0.2) is 5.71 Å². The van der Waals surface area contributed by atoms with Crippen LogP contribution in [0.2, 0.25) is 0 Å². The van der Waals surface area contributed by atoms with Gasteiger partial charge in [-0.2, -0.15) is 4.58 Å². The third kappa shape index (κ3) is 3.68. The number of fused-ring (bicyclic) bond motifs is 1. The van der Waals surface area contributed by atoms with Crippen molar-refractivity contribution in [3.8, 4) is 0 Å². The number of rotatable bonds is 6. The Morgan fingerprint density at radius 3 is 2.48 bits per heavy atom. The maximum Gasteiger partial charge on any atom is 0.209 e. The molecule has 2 aromatic rings. The summed E-state index contributed by atoms with van der Waals surface area (Å²) in [5, 5.41) is 0. The summed E-state index contributed by atoms with van der Waals surface area (Å²) < 4.78 is 2.31. The van der Waals surface area contributed by atoms with Gasteiger partial charge in [-0.25, -0.2) is 0 Å². The van der Waals surface area contributed by atoms with Crippen LogP contribution < -0.4 is 4.90 Å². The number of halogens is 1. The minimum Gasteiger partial charge on any atom is -0.371 e. The number of allylic oxidation sites excluding steroid dienone is 1. The van der Waals surface area contributed by atoms with Crippen LogP contribution in [0.3, 0.4) is 0 Å². The van der Waals surface area contributed by atoms with E-state index in [9.17, 15) is 0 Å². The minimum atomic E-state index is 0.00897. The molecule has 0 amide bonds. The van der Waals surface area contributed by atoms with Crippen LogP contribution in [0.25, 0.3) is 6.08 Å². The molecule has 3 heteroatoms. The molecule has 0 N–H and O–H groups in total. The van der Waals surface area contributed by atoms with Gasteiger partial charge in [-0.3, -0.25) is 0 Å². The first-order valence-corrected chi connectivity index (χ1v) is 10.2. The van der Waals surface area contributed by atoms with Gasteiger partial charge in [0.05, 0.1) is 5.41 Å². The van der Waals surface area contributed by atoms with Gasteiger partial charge in [0.1, 0.15) is 7.05 Å². The number of benzene rings is 2. The molecule has 2 aromatic carbocycles. The van der Waals surface area contributed by atoms with Gasteiger partial charge in [0.2, 0.25) is 5.69 Å². The van der Waals surface area contributed by atoms with Crippen LogP contribution in [-0.2, 0) is 5.41 Å². The fourth-order valence-corrected chi connectivity index (χ4v) is 4.29. The second-order valence-corrected chi connectivity index (χ2v) is 8.11. The number of anilines is 1. The Balaban J connectivity index is 1.90. The van der Waals surface area contributed by atoms with Crippen molar-refractivity contribution in [1.82, 2.24) is 0 Å². The smallest absolute Gasteiger partial charge is 0.209 e. The van der Waals surface area contributed by atoms with E-state index in [1.807, 2.05) is 0 Å². The van der Waals surface area contributed by atoms with Crippen LogP contribution >= 0.6 is 11.6 Å². The summed E-state index contributed by atoms with van der Waals surface area (Å²) in [6.07, 6.45) is 4.52. The largest absolute Gasteiger partial charge is 0.371 e. The molecule has 142 valence electrons. The lowest BCUT2D eigenvalue weighted by atomic mass is 9.81. The van der Waals surface area contributed by atoms with E-state index in [1.165, 1.54) is 33.8 Å². The van der Waals surface area contributed by atoms with Gasteiger partial charge in [0, 0.05) is 42.4 Å². The summed E-state index contributed by atoms with van der Waals surface area (Å²) in [7, 11) is 2.16. The molecule has 0 saturated heterocycles. The van der Waals surface area contributed by atoms with Crippen LogP contribution in [0, 0.1) is 6.92 Å². The summed E-state index contributed by atoms with van der Waals surface area (Å²) in [6, 6.07) is 15.4. The first-order chi connectivity index (χ1) is 12.9. The highest BCUT2D eigenvalue weighted by molar-refractivity contribution is 6.18. The van der Waals surface area contributed by atoms with Crippen LogP contribution in [-0.4, -0.2) is 36.3 Å². The van der Waals surface area contributed by atoms with Gasteiger partial charge < -0.3 is 4.90 Å². The zero-order chi connectivity index (χ0) is 19.6. The lowest BCUT2D eigenvalue weighted by Crippen LogP contribution is -2.26. The predicted octanol–water partition coefficient (Wildman–Crippen LogP) is 5.78. The average molecular weight is 382 g/mol. The molecule has 27 heavy (non-hydrogen) atoms. The molecule has 1 aliphatic heterocycles. The molecule has 0 bridgehead atoms. The van der Waals surface area contributed by atoms with Crippen LogP contribution in [0.15, 0.2) is 48.5 Å². The molecular weight excluding hydrogens is 352 g/mol. The Hall–Kier alpha value is -2.06. The van der Waals surface area contributed by atoms with Crippen molar-refractivity contribution in [2.75, 3.05) is 30.9 Å². The Kier molecular flexibility index (Phi) is 5.76. The molecule has 0 fully saturated rings. The van der Waals surface area contributed by atoms with E-state index >= 15 is 0 Å². The van der Waals surface area contributed by atoms with Crippen molar-refractivity contribution in [3.05, 3.63) is 65.2 Å². The van der Waals surface area contributed by atoms with E-state index in [0.29, 0.717) is 5.88 Å². The zero-order valence-corrected chi connectivity index (χ0v) is 17.8. The number of para-hydroxylation sites is 1. The molecule has 0 atom stereocenters. The van der Waals surface area contributed by atoms with Crippen molar-refractivity contribution in [2.24, 2.45) is 0 Å². The first kappa shape index (κ1) is 19.7. The lowest BCUT2D eigenvalue weighted by Gasteiger charge is -2.22. The second-order valence-electron chi connectivity index (χ2n) is 7.73. The molecule has 0 spiro atoms. The quantitative estimate of drug-likeness (QED) is 0.454. The molecule has 2 nitrogen and oxygen atoms in total. The van der Waals surface area contributed by atoms with E-state index in [-0.39, 0.29) is 5.41 Å². The number of hydrogen-bond donors (Lipinski definition) is 0. The fraction of sp³-hybridized carbons (Fsp3) is 0.375. The van der Waals surface area contributed by atoms with Gasteiger partial charge in [0.25, 0.3) is 0 Å². The van der Waals surface area contributed by atoms with Gasteiger partial charge in [-0.15, -0.1) is 11.6 Å². The highest BCUT2D eigenvalue weighted by Gasteiger charge is 2.42. The first-order valence-electron chi connectivity index (χ1n) is 9.70. The Morgan fingerprint density at radius 1 is 1.11 bits per heavy atom. The molecule has 1 aliphatic rings. The minimum absolute atomic E-state index is 0.00897. The topological polar surface area (TPSA) is 6.25 Å². The maximum atomic E-state index is 5.94. The van der Waals surface area contributed by atoms with Crippen LogP contribution in [0.4, 0.5) is 11.4 Å². The highest BCUT2D eigenvalue weighted by atomic mass is 35.5. The number of alkyl halides is 1.